The van der Waals surface area contributed by atoms with Crippen LogP contribution in [-0.4, -0.2) is 12.5 Å². The summed E-state index contributed by atoms with van der Waals surface area (Å²) >= 11 is 0. The molecule has 0 unspecified atom stereocenters. The predicted molar refractivity (Wildman–Crippen MR) is 54.7 cm³/mol. The van der Waals surface area contributed by atoms with Crippen LogP contribution in [0.5, 0.6) is 0 Å². The fourth-order valence-electron chi connectivity index (χ4n) is 0.907. The molecule has 1 aromatic carbocycles. The molecule has 3 nitrogen and oxygen atoms in total. The van der Waals surface area contributed by atoms with Crippen LogP contribution in [0.3, 0.4) is 0 Å². The van der Waals surface area contributed by atoms with E-state index >= 15 is 0 Å². The summed E-state index contributed by atoms with van der Waals surface area (Å²) < 4.78 is 0. The molecule has 76 valence electrons. The Morgan fingerprint density at radius 2 is 2.00 bits per heavy atom. The average molecular weight is 193 g/mol. The van der Waals surface area contributed by atoms with E-state index in [-0.39, 0.29) is 5.97 Å². The maximum absolute atomic E-state index is 11.3. The normalized spacial score (nSPS) is 10.2. The number of nitrogens with one attached hydrogen (secondary N) is 1. The molecule has 0 aliphatic carbocycles. The van der Waals surface area contributed by atoms with Crippen LogP contribution in [0.2, 0.25) is 0 Å². The highest BCUT2D eigenvalue weighted by Crippen LogP contribution is 1.99. The van der Waals surface area contributed by atoms with Gasteiger partial charge in [0.05, 0.1) is 5.56 Å². The molecule has 1 N–H and O–H groups in total. The summed E-state index contributed by atoms with van der Waals surface area (Å²) in [6, 6.07) is 8.91. The van der Waals surface area contributed by atoms with Crippen LogP contribution >= 0.6 is 0 Å². The number of carbonyl (C=O) groups is 1. The van der Waals surface area contributed by atoms with Gasteiger partial charge in [0.25, 0.3) is 0 Å². The first-order chi connectivity index (χ1) is 6.70. The van der Waals surface area contributed by atoms with E-state index in [0.29, 0.717) is 18.0 Å². The summed E-state index contributed by atoms with van der Waals surface area (Å²) in [6.07, 6.45) is 0. The van der Waals surface area contributed by atoms with Crippen LogP contribution in [0, 0.1) is 5.92 Å². The van der Waals surface area contributed by atoms with E-state index in [1.165, 1.54) is 0 Å². The van der Waals surface area contributed by atoms with Crippen molar-refractivity contribution in [3.63, 3.8) is 0 Å². The lowest BCUT2D eigenvalue weighted by Crippen LogP contribution is -2.23. The molecule has 0 atom stereocenters. The van der Waals surface area contributed by atoms with Crippen molar-refractivity contribution in [3.8, 4) is 0 Å². The Morgan fingerprint density at radius 1 is 1.36 bits per heavy atom. The molecule has 0 amide bonds. The Bertz CT molecular complexity index is 283. The minimum absolute atomic E-state index is 0.341. The van der Waals surface area contributed by atoms with Crippen molar-refractivity contribution < 1.29 is 9.63 Å². The van der Waals surface area contributed by atoms with E-state index in [2.05, 4.69) is 5.48 Å². The minimum atomic E-state index is -0.341. The van der Waals surface area contributed by atoms with Crippen LogP contribution in [0.25, 0.3) is 0 Å². The first kappa shape index (κ1) is 10.7. The highest BCUT2D eigenvalue weighted by atomic mass is 16.7. The van der Waals surface area contributed by atoms with Gasteiger partial charge in [0, 0.05) is 6.54 Å². The molecule has 0 heterocycles. The number of rotatable bonds is 4. The molecule has 1 aromatic rings. The molecule has 0 spiro atoms. The van der Waals surface area contributed by atoms with Crippen LogP contribution in [0.1, 0.15) is 24.2 Å². The SMILES string of the molecule is CC(C)CNOC(=O)c1ccccc1. The lowest BCUT2D eigenvalue weighted by atomic mass is 10.2. The van der Waals surface area contributed by atoms with Crippen LogP contribution in [-0.2, 0) is 4.84 Å². The molecule has 3 heteroatoms. The molecule has 0 saturated heterocycles. The minimum Gasteiger partial charge on any atom is -0.367 e. The van der Waals surface area contributed by atoms with Gasteiger partial charge < -0.3 is 4.84 Å². The zero-order valence-electron chi connectivity index (χ0n) is 8.49. The summed E-state index contributed by atoms with van der Waals surface area (Å²) in [5, 5.41) is 0. The predicted octanol–water partition coefficient (Wildman–Crippen LogP) is 2.00. The van der Waals surface area contributed by atoms with E-state index in [4.69, 9.17) is 4.84 Å². The molecule has 0 bridgehead atoms. The van der Waals surface area contributed by atoms with Gasteiger partial charge in [-0.05, 0) is 18.1 Å². The van der Waals surface area contributed by atoms with Crippen LogP contribution < -0.4 is 5.48 Å². The molecule has 0 saturated carbocycles. The number of hydrogen-bond donors (Lipinski definition) is 1. The van der Waals surface area contributed by atoms with Crippen LogP contribution in [0.15, 0.2) is 30.3 Å². The third kappa shape index (κ3) is 3.58. The summed E-state index contributed by atoms with van der Waals surface area (Å²) in [4.78, 5) is 16.2. The Kier molecular flexibility index (Phi) is 4.13. The Morgan fingerprint density at radius 3 is 2.57 bits per heavy atom. The Balaban J connectivity index is 2.36. The molecule has 0 fully saturated rings. The monoisotopic (exact) mass is 193 g/mol. The first-order valence-corrected chi connectivity index (χ1v) is 4.69. The highest BCUT2D eigenvalue weighted by molar-refractivity contribution is 5.89. The van der Waals surface area contributed by atoms with Crippen molar-refractivity contribution in [2.45, 2.75) is 13.8 Å². The van der Waals surface area contributed by atoms with Crippen molar-refractivity contribution >= 4 is 5.97 Å². The van der Waals surface area contributed by atoms with Gasteiger partial charge in [-0.25, -0.2) is 4.79 Å². The third-order valence-electron chi connectivity index (χ3n) is 1.67. The molecular formula is C11H15NO2. The van der Waals surface area contributed by atoms with Crippen molar-refractivity contribution in [1.82, 2.24) is 5.48 Å². The van der Waals surface area contributed by atoms with Gasteiger partial charge in [0.1, 0.15) is 0 Å². The number of hydroxylamine groups is 1. The van der Waals surface area contributed by atoms with E-state index < -0.39 is 0 Å². The van der Waals surface area contributed by atoms with Gasteiger partial charge in [-0.1, -0.05) is 32.0 Å². The fraction of sp³-hybridized carbons (Fsp3) is 0.364. The van der Waals surface area contributed by atoms with Crippen LogP contribution in [0.4, 0.5) is 0 Å². The quantitative estimate of drug-likeness (QED) is 0.743. The van der Waals surface area contributed by atoms with E-state index in [9.17, 15) is 4.79 Å². The van der Waals surface area contributed by atoms with Gasteiger partial charge in [-0.2, -0.15) is 5.48 Å². The molecule has 0 aromatic heterocycles. The lowest BCUT2D eigenvalue weighted by molar-refractivity contribution is 0.0232. The highest BCUT2D eigenvalue weighted by Gasteiger charge is 2.05. The van der Waals surface area contributed by atoms with E-state index in [1.54, 1.807) is 24.3 Å². The van der Waals surface area contributed by atoms with E-state index in [0.717, 1.165) is 0 Å². The van der Waals surface area contributed by atoms with Crippen molar-refractivity contribution in [3.05, 3.63) is 35.9 Å². The van der Waals surface area contributed by atoms with Gasteiger partial charge >= 0.3 is 5.97 Å². The number of carbonyl (C=O) groups excluding carboxylic acids is 1. The average Bonchev–Trinajstić information content (AvgIpc) is 2.18. The van der Waals surface area contributed by atoms with Gasteiger partial charge in [0.15, 0.2) is 0 Å². The maximum atomic E-state index is 11.3. The molecule has 0 aliphatic rings. The molecule has 0 aliphatic heterocycles. The largest absolute Gasteiger partial charge is 0.367 e. The second kappa shape index (κ2) is 5.40. The van der Waals surface area contributed by atoms with Crippen molar-refractivity contribution in [2.75, 3.05) is 6.54 Å². The fourth-order valence-corrected chi connectivity index (χ4v) is 0.907. The van der Waals surface area contributed by atoms with Crippen molar-refractivity contribution in [1.29, 1.82) is 0 Å². The zero-order chi connectivity index (χ0) is 10.4. The topological polar surface area (TPSA) is 38.3 Å². The first-order valence-electron chi connectivity index (χ1n) is 4.69. The van der Waals surface area contributed by atoms with Gasteiger partial charge in [0.2, 0.25) is 0 Å². The summed E-state index contributed by atoms with van der Waals surface area (Å²) in [6.45, 7) is 4.76. The smallest absolute Gasteiger partial charge is 0.356 e. The van der Waals surface area contributed by atoms with Gasteiger partial charge in [-0.3, -0.25) is 0 Å². The molecule has 14 heavy (non-hydrogen) atoms. The Hall–Kier alpha value is -1.35. The van der Waals surface area contributed by atoms with Crippen molar-refractivity contribution in [2.24, 2.45) is 5.92 Å². The summed E-state index contributed by atoms with van der Waals surface area (Å²) in [7, 11) is 0. The number of benzene rings is 1. The second-order valence-corrected chi connectivity index (χ2v) is 3.50. The second-order valence-electron chi connectivity index (χ2n) is 3.50. The summed E-state index contributed by atoms with van der Waals surface area (Å²) in [5.74, 6) is 0.116. The summed E-state index contributed by atoms with van der Waals surface area (Å²) in [5.41, 5.74) is 3.19. The Labute approximate surface area is 84.0 Å². The van der Waals surface area contributed by atoms with E-state index in [1.807, 2.05) is 19.9 Å². The maximum Gasteiger partial charge on any atom is 0.356 e. The molecule has 0 radical (unpaired) electrons. The number of hydrogen-bond acceptors (Lipinski definition) is 3. The van der Waals surface area contributed by atoms with Gasteiger partial charge in [-0.15, -0.1) is 0 Å². The lowest BCUT2D eigenvalue weighted by Gasteiger charge is -2.07. The molecule has 1 rings (SSSR count). The third-order valence-corrected chi connectivity index (χ3v) is 1.67. The standard InChI is InChI=1S/C11H15NO2/c1-9(2)8-12-14-11(13)10-6-4-3-5-7-10/h3-7,9,12H,8H2,1-2H3. The zero-order valence-corrected chi connectivity index (χ0v) is 8.49. The molecular weight excluding hydrogens is 178 g/mol.